The van der Waals surface area contributed by atoms with Gasteiger partial charge in [-0.05, 0) is 5.92 Å². The van der Waals surface area contributed by atoms with Gasteiger partial charge in [0.2, 0.25) is 0 Å². The van der Waals surface area contributed by atoms with Crippen molar-refractivity contribution >= 4 is 11.9 Å². The summed E-state index contributed by atoms with van der Waals surface area (Å²) in [6, 6.07) is 0. The molecule has 0 aromatic heterocycles. The normalized spacial score (nSPS) is 9.73. The van der Waals surface area contributed by atoms with Crippen molar-refractivity contribution in [3.8, 4) is 0 Å². The van der Waals surface area contributed by atoms with Gasteiger partial charge in [-0.3, -0.25) is 4.79 Å². The van der Waals surface area contributed by atoms with Gasteiger partial charge in [-0.25, -0.2) is 4.79 Å². The van der Waals surface area contributed by atoms with Crippen LogP contribution in [0.15, 0.2) is 0 Å². The van der Waals surface area contributed by atoms with Crippen LogP contribution in [0.5, 0.6) is 0 Å². The van der Waals surface area contributed by atoms with Crippen molar-refractivity contribution in [2.75, 3.05) is 6.61 Å². The topological polar surface area (TPSA) is 63.6 Å². The van der Waals surface area contributed by atoms with Crippen LogP contribution >= 0.6 is 0 Å². The van der Waals surface area contributed by atoms with Crippen molar-refractivity contribution in [3.05, 3.63) is 0 Å². The summed E-state index contributed by atoms with van der Waals surface area (Å²) in [5, 5.41) is 8.12. The Kier molecular flexibility index (Phi) is 4.26. The van der Waals surface area contributed by atoms with Crippen LogP contribution in [0.1, 0.15) is 20.3 Å². The first-order chi connectivity index (χ1) is 5.02. The van der Waals surface area contributed by atoms with Crippen molar-refractivity contribution in [1.29, 1.82) is 0 Å². The molecule has 1 N–H and O–H groups in total. The fraction of sp³-hybridized carbons (Fsp3) is 0.714. The highest BCUT2D eigenvalue weighted by atomic mass is 16.5. The molecule has 4 heteroatoms. The molecule has 0 spiro atoms. The van der Waals surface area contributed by atoms with Gasteiger partial charge in [-0.1, -0.05) is 13.8 Å². The van der Waals surface area contributed by atoms with E-state index in [0.717, 1.165) is 0 Å². The van der Waals surface area contributed by atoms with Crippen LogP contribution in [0.25, 0.3) is 0 Å². The highest BCUT2D eigenvalue weighted by molar-refractivity contribution is 5.75. The third-order valence-corrected chi connectivity index (χ3v) is 0.932. The molecule has 0 aliphatic heterocycles. The monoisotopic (exact) mass is 160 g/mol. The summed E-state index contributed by atoms with van der Waals surface area (Å²) in [6.45, 7) is 3.19. The molecule has 0 aliphatic rings. The van der Waals surface area contributed by atoms with E-state index in [2.05, 4.69) is 4.74 Å². The number of carbonyl (C=O) groups is 2. The Labute approximate surface area is 65.2 Å². The highest BCUT2D eigenvalue weighted by Gasteiger charge is 2.07. The molecule has 0 heterocycles. The largest absolute Gasteiger partial charge is 0.479 e. The average Bonchev–Trinajstić information content (AvgIpc) is 1.82. The fourth-order valence-electron chi connectivity index (χ4n) is 0.534. The van der Waals surface area contributed by atoms with E-state index in [0.29, 0.717) is 0 Å². The zero-order chi connectivity index (χ0) is 8.85. The summed E-state index contributed by atoms with van der Waals surface area (Å²) >= 11 is 0. The number of esters is 1. The van der Waals surface area contributed by atoms with E-state index < -0.39 is 18.5 Å². The van der Waals surface area contributed by atoms with Crippen LogP contribution in [-0.2, 0) is 14.3 Å². The SMILES string of the molecule is CC(C)CC(=O)OCC(=O)O. The molecule has 0 fully saturated rings. The van der Waals surface area contributed by atoms with Gasteiger partial charge in [0.25, 0.3) is 0 Å². The van der Waals surface area contributed by atoms with E-state index in [1.54, 1.807) is 0 Å². The van der Waals surface area contributed by atoms with Crippen LogP contribution in [0.2, 0.25) is 0 Å². The molecule has 0 aromatic carbocycles. The van der Waals surface area contributed by atoms with Crippen molar-refractivity contribution in [2.24, 2.45) is 5.92 Å². The molecule has 0 radical (unpaired) electrons. The van der Waals surface area contributed by atoms with Gasteiger partial charge in [-0.15, -0.1) is 0 Å². The van der Waals surface area contributed by atoms with Crippen LogP contribution in [0.3, 0.4) is 0 Å². The molecule has 0 aromatic rings. The Morgan fingerprint density at radius 2 is 2.00 bits per heavy atom. The molecule has 0 bridgehead atoms. The first kappa shape index (κ1) is 9.94. The maximum Gasteiger partial charge on any atom is 0.341 e. The van der Waals surface area contributed by atoms with E-state index in [4.69, 9.17) is 5.11 Å². The van der Waals surface area contributed by atoms with Gasteiger partial charge in [0.1, 0.15) is 0 Å². The summed E-state index contributed by atoms with van der Waals surface area (Å²) in [5.74, 6) is -1.37. The maximum absolute atomic E-state index is 10.7. The maximum atomic E-state index is 10.7. The number of rotatable bonds is 4. The van der Waals surface area contributed by atoms with Crippen molar-refractivity contribution < 1.29 is 19.4 Å². The number of ether oxygens (including phenoxy) is 1. The van der Waals surface area contributed by atoms with Crippen molar-refractivity contribution in [3.63, 3.8) is 0 Å². The first-order valence-electron chi connectivity index (χ1n) is 3.39. The lowest BCUT2D eigenvalue weighted by atomic mass is 10.1. The third kappa shape index (κ3) is 6.83. The van der Waals surface area contributed by atoms with Crippen LogP contribution in [-0.4, -0.2) is 23.7 Å². The lowest BCUT2D eigenvalue weighted by Gasteiger charge is -2.03. The molecule has 0 saturated heterocycles. The van der Waals surface area contributed by atoms with Gasteiger partial charge in [0.15, 0.2) is 6.61 Å². The van der Waals surface area contributed by atoms with Gasteiger partial charge >= 0.3 is 11.9 Å². The first-order valence-corrected chi connectivity index (χ1v) is 3.39. The second kappa shape index (κ2) is 4.71. The Hall–Kier alpha value is -1.06. The second-order valence-electron chi connectivity index (χ2n) is 2.65. The molecule has 0 saturated carbocycles. The highest BCUT2D eigenvalue weighted by Crippen LogP contribution is 2.00. The smallest absolute Gasteiger partial charge is 0.341 e. The summed E-state index contributed by atoms with van der Waals surface area (Å²) in [6.07, 6.45) is 0.271. The molecule has 11 heavy (non-hydrogen) atoms. The van der Waals surface area contributed by atoms with Crippen LogP contribution < -0.4 is 0 Å². The van der Waals surface area contributed by atoms with E-state index >= 15 is 0 Å². The quantitative estimate of drug-likeness (QED) is 0.613. The predicted molar refractivity (Wildman–Crippen MR) is 38.0 cm³/mol. The Morgan fingerprint density at radius 3 is 2.36 bits per heavy atom. The van der Waals surface area contributed by atoms with Gasteiger partial charge in [-0.2, -0.15) is 0 Å². The van der Waals surface area contributed by atoms with Crippen molar-refractivity contribution in [1.82, 2.24) is 0 Å². The van der Waals surface area contributed by atoms with Crippen molar-refractivity contribution in [2.45, 2.75) is 20.3 Å². The summed E-state index contributed by atoms with van der Waals surface area (Å²) in [4.78, 5) is 20.6. The Bertz CT molecular complexity index is 151. The van der Waals surface area contributed by atoms with E-state index in [1.807, 2.05) is 13.8 Å². The average molecular weight is 160 g/mol. The van der Waals surface area contributed by atoms with Gasteiger partial charge < -0.3 is 9.84 Å². The minimum absolute atomic E-state index is 0.205. The minimum Gasteiger partial charge on any atom is -0.479 e. The second-order valence-corrected chi connectivity index (χ2v) is 2.65. The molecular formula is C7H12O4. The number of carboxylic acids is 1. The minimum atomic E-state index is -1.12. The zero-order valence-electron chi connectivity index (χ0n) is 6.66. The van der Waals surface area contributed by atoms with Crippen LogP contribution in [0.4, 0.5) is 0 Å². The van der Waals surface area contributed by atoms with Gasteiger partial charge in [0, 0.05) is 6.42 Å². The molecule has 0 aliphatic carbocycles. The molecule has 64 valence electrons. The van der Waals surface area contributed by atoms with Crippen LogP contribution in [0, 0.1) is 5.92 Å². The summed E-state index contributed by atoms with van der Waals surface area (Å²) < 4.78 is 4.38. The third-order valence-electron chi connectivity index (χ3n) is 0.932. The summed E-state index contributed by atoms with van der Waals surface area (Å²) in [5.41, 5.74) is 0. The number of hydrogen-bond donors (Lipinski definition) is 1. The lowest BCUT2D eigenvalue weighted by Crippen LogP contribution is -2.14. The lowest BCUT2D eigenvalue weighted by molar-refractivity contribution is -0.155. The fourth-order valence-corrected chi connectivity index (χ4v) is 0.534. The molecule has 0 unspecified atom stereocenters. The number of hydrogen-bond acceptors (Lipinski definition) is 3. The van der Waals surface area contributed by atoms with Gasteiger partial charge in [0.05, 0.1) is 0 Å². The number of carboxylic acid groups (broad SMARTS) is 1. The molecule has 4 nitrogen and oxygen atoms in total. The predicted octanol–water partition coefficient (Wildman–Crippen LogP) is 0.660. The summed E-state index contributed by atoms with van der Waals surface area (Å²) in [7, 11) is 0. The Morgan fingerprint density at radius 1 is 1.45 bits per heavy atom. The molecular weight excluding hydrogens is 148 g/mol. The van der Waals surface area contributed by atoms with E-state index in [9.17, 15) is 9.59 Å². The number of carbonyl (C=O) groups excluding carboxylic acids is 1. The zero-order valence-corrected chi connectivity index (χ0v) is 6.66. The molecule has 0 amide bonds. The van der Waals surface area contributed by atoms with E-state index in [1.165, 1.54) is 0 Å². The standard InChI is InChI=1S/C7H12O4/c1-5(2)3-7(10)11-4-6(8)9/h5H,3-4H2,1-2H3,(H,8,9). The number of aliphatic carboxylic acids is 1. The molecule has 0 atom stereocenters. The van der Waals surface area contributed by atoms with E-state index in [-0.39, 0.29) is 12.3 Å². The Balaban J connectivity index is 3.45. The molecule has 0 rings (SSSR count).